The summed E-state index contributed by atoms with van der Waals surface area (Å²) in [5.74, 6) is 0.213. The Morgan fingerprint density at radius 2 is 1.71 bits per heavy atom. The molecule has 2 N–H and O–H groups in total. The number of nitrogens with zero attached hydrogens (tertiary/aromatic N) is 1. The Labute approximate surface area is 125 Å². The van der Waals surface area contributed by atoms with Crippen LogP contribution in [0.25, 0.3) is 0 Å². The Morgan fingerprint density at radius 3 is 2.29 bits per heavy atom. The van der Waals surface area contributed by atoms with Gasteiger partial charge in [-0.3, -0.25) is 4.79 Å². The highest BCUT2D eigenvalue weighted by Gasteiger charge is 2.52. The minimum Gasteiger partial charge on any atom is -0.399 e. The highest BCUT2D eigenvalue weighted by Crippen LogP contribution is 2.49. The lowest BCUT2D eigenvalue weighted by molar-refractivity contribution is -0.133. The van der Waals surface area contributed by atoms with Gasteiger partial charge in [-0.15, -0.1) is 0 Å². The molecule has 0 spiro atoms. The van der Waals surface area contributed by atoms with Gasteiger partial charge in [0.05, 0.1) is 5.41 Å². The molecule has 1 saturated carbocycles. The van der Waals surface area contributed by atoms with Gasteiger partial charge in [0.25, 0.3) is 0 Å². The van der Waals surface area contributed by atoms with E-state index >= 15 is 0 Å². The van der Waals surface area contributed by atoms with Gasteiger partial charge < -0.3 is 10.6 Å². The normalized spacial score (nSPS) is 15.5. The zero-order chi connectivity index (χ0) is 14.9. The van der Waals surface area contributed by atoms with Crippen LogP contribution in [0.15, 0.2) is 54.6 Å². The maximum absolute atomic E-state index is 12.8. The topological polar surface area (TPSA) is 46.3 Å². The highest BCUT2D eigenvalue weighted by molar-refractivity contribution is 5.91. The summed E-state index contributed by atoms with van der Waals surface area (Å²) in [6, 6.07) is 17.8. The molecule has 1 aliphatic rings. The fraction of sp³-hybridized carbons (Fsp3) is 0.278. The smallest absolute Gasteiger partial charge is 0.233 e. The molecule has 0 heterocycles. The Kier molecular flexibility index (Phi) is 3.42. The van der Waals surface area contributed by atoms with Gasteiger partial charge in [-0.2, -0.15) is 0 Å². The molecule has 108 valence electrons. The second-order valence-electron chi connectivity index (χ2n) is 5.85. The van der Waals surface area contributed by atoms with Crippen molar-refractivity contribution >= 4 is 11.6 Å². The summed E-state index contributed by atoms with van der Waals surface area (Å²) < 4.78 is 0. The molecule has 21 heavy (non-hydrogen) atoms. The summed E-state index contributed by atoms with van der Waals surface area (Å²) >= 11 is 0. The third-order valence-corrected chi connectivity index (χ3v) is 4.23. The van der Waals surface area contributed by atoms with E-state index < -0.39 is 0 Å². The van der Waals surface area contributed by atoms with Gasteiger partial charge in [0.2, 0.25) is 5.91 Å². The predicted octanol–water partition coefficient (Wildman–Crippen LogP) is 2.96. The number of hydrogen-bond acceptors (Lipinski definition) is 2. The molecule has 0 radical (unpaired) electrons. The Morgan fingerprint density at radius 1 is 1.10 bits per heavy atom. The van der Waals surface area contributed by atoms with Crippen LogP contribution in [0.3, 0.4) is 0 Å². The van der Waals surface area contributed by atoms with E-state index in [0.717, 1.165) is 29.7 Å². The number of hydrogen-bond donors (Lipinski definition) is 1. The molecule has 1 aliphatic carbocycles. The second kappa shape index (κ2) is 5.24. The third kappa shape index (κ3) is 2.64. The molecule has 3 nitrogen and oxygen atoms in total. The number of carbonyl (C=O) groups excluding carboxylic acids is 1. The van der Waals surface area contributed by atoms with Crippen molar-refractivity contribution in [3.63, 3.8) is 0 Å². The number of benzene rings is 2. The number of nitrogens with two attached hydrogens (primary N) is 1. The molecule has 1 amide bonds. The number of anilines is 1. The summed E-state index contributed by atoms with van der Waals surface area (Å²) in [6.45, 7) is 0.619. The first kappa shape index (κ1) is 13.7. The van der Waals surface area contributed by atoms with Crippen molar-refractivity contribution in [3.05, 3.63) is 65.7 Å². The Hall–Kier alpha value is -2.29. The zero-order valence-electron chi connectivity index (χ0n) is 12.3. The number of likely N-dealkylation sites (N-methyl/N-ethyl adjacent to an activating group) is 1. The average molecular weight is 280 g/mol. The first-order valence-corrected chi connectivity index (χ1v) is 7.27. The van der Waals surface area contributed by atoms with Gasteiger partial charge in [0.1, 0.15) is 0 Å². The molecule has 0 aliphatic heterocycles. The Bertz CT molecular complexity index is 630. The summed E-state index contributed by atoms with van der Waals surface area (Å²) in [5.41, 5.74) is 8.39. The van der Waals surface area contributed by atoms with Crippen LogP contribution >= 0.6 is 0 Å². The molecule has 0 atom stereocenters. The van der Waals surface area contributed by atoms with Crippen molar-refractivity contribution < 1.29 is 4.79 Å². The molecule has 2 aromatic rings. The van der Waals surface area contributed by atoms with Crippen molar-refractivity contribution in [2.75, 3.05) is 12.8 Å². The molecular weight excluding hydrogens is 260 g/mol. The van der Waals surface area contributed by atoms with E-state index in [2.05, 4.69) is 12.1 Å². The van der Waals surface area contributed by atoms with Gasteiger partial charge in [-0.05, 0) is 36.1 Å². The van der Waals surface area contributed by atoms with Crippen molar-refractivity contribution in [2.45, 2.75) is 24.8 Å². The standard InChI is InChI=1S/C18H20N2O/c1-20(13-14-7-9-16(19)10-8-14)17(21)18(11-12-18)15-5-3-2-4-6-15/h2-10H,11-13,19H2,1H3. The first-order chi connectivity index (χ1) is 10.1. The van der Waals surface area contributed by atoms with Crippen molar-refractivity contribution in [2.24, 2.45) is 0 Å². The van der Waals surface area contributed by atoms with Crippen LogP contribution < -0.4 is 5.73 Å². The van der Waals surface area contributed by atoms with E-state index in [1.54, 1.807) is 0 Å². The fourth-order valence-corrected chi connectivity index (χ4v) is 2.84. The molecule has 1 fully saturated rings. The summed E-state index contributed by atoms with van der Waals surface area (Å²) in [7, 11) is 1.88. The van der Waals surface area contributed by atoms with Crippen LogP contribution in [0.1, 0.15) is 24.0 Å². The monoisotopic (exact) mass is 280 g/mol. The fourth-order valence-electron chi connectivity index (χ4n) is 2.84. The lowest BCUT2D eigenvalue weighted by Gasteiger charge is -2.24. The number of rotatable bonds is 4. The SMILES string of the molecule is CN(Cc1ccc(N)cc1)C(=O)C1(c2ccccc2)CC1. The molecule has 2 aromatic carbocycles. The highest BCUT2D eigenvalue weighted by atomic mass is 16.2. The lowest BCUT2D eigenvalue weighted by Crippen LogP contribution is -2.36. The molecule has 0 saturated heterocycles. The molecule has 3 heteroatoms. The van der Waals surface area contributed by atoms with Crippen LogP contribution in [-0.4, -0.2) is 17.9 Å². The van der Waals surface area contributed by atoms with E-state index in [9.17, 15) is 4.79 Å². The van der Waals surface area contributed by atoms with Gasteiger partial charge in [0.15, 0.2) is 0 Å². The van der Waals surface area contributed by atoms with Crippen LogP contribution in [-0.2, 0) is 16.8 Å². The Balaban J connectivity index is 1.74. The largest absolute Gasteiger partial charge is 0.399 e. The van der Waals surface area contributed by atoms with Crippen molar-refractivity contribution in [1.29, 1.82) is 0 Å². The van der Waals surface area contributed by atoms with Crippen LogP contribution in [0, 0.1) is 0 Å². The minimum atomic E-state index is -0.288. The van der Waals surface area contributed by atoms with Crippen molar-refractivity contribution in [1.82, 2.24) is 4.90 Å². The van der Waals surface area contributed by atoms with E-state index in [1.807, 2.05) is 54.4 Å². The molecule has 0 unspecified atom stereocenters. The number of carbonyl (C=O) groups is 1. The van der Waals surface area contributed by atoms with Crippen molar-refractivity contribution in [3.8, 4) is 0 Å². The quantitative estimate of drug-likeness (QED) is 0.875. The van der Waals surface area contributed by atoms with Gasteiger partial charge in [-0.1, -0.05) is 42.5 Å². The molecule has 0 bridgehead atoms. The summed E-state index contributed by atoms with van der Waals surface area (Å²) in [4.78, 5) is 14.6. The van der Waals surface area contributed by atoms with Crippen LogP contribution in [0.2, 0.25) is 0 Å². The second-order valence-corrected chi connectivity index (χ2v) is 5.85. The van der Waals surface area contributed by atoms with Crippen LogP contribution in [0.4, 0.5) is 5.69 Å². The maximum atomic E-state index is 12.8. The van der Waals surface area contributed by atoms with Gasteiger partial charge >= 0.3 is 0 Å². The zero-order valence-corrected chi connectivity index (χ0v) is 12.3. The molecule has 0 aromatic heterocycles. The maximum Gasteiger partial charge on any atom is 0.233 e. The number of nitrogen functional groups attached to an aromatic ring is 1. The third-order valence-electron chi connectivity index (χ3n) is 4.23. The predicted molar refractivity (Wildman–Crippen MR) is 84.7 cm³/mol. The molecular formula is C18H20N2O. The van der Waals surface area contributed by atoms with Gasteiger partial charge in [-0.25, -0.2) is 0 Å². The molecule has 3 rings (SSSR count). The summed E-state index contributed by atoms with van der Waals surface area (Å²) in [6.07, 6.45) is 1.89. The number of amides is 1. The van der Waals surface area contributed by atoms with Crippen LogP contribution in [0.5, 0.6) is 0 Å². The average Bonchev–Trinajstić information content (AvgIpc) is 3.31. The minimum absolute atomic E-state index is 0.213. The first-order valence-electron chi connectivity index (χ1n) is 7.27. The van der Waals surface area contributed by atoms with E-state index in [0.29, 0.717) is 6.54 Å². The van der Waals surface area contributed by atoms with E-state index in [4.69, 9.17) is 5.73 Å². The van der Waals surface area contributed by atoms with Gasteiger partial charge in [0, 0.05) is 19.3 Å². The van der Waals surface area contributed by atoms with E-state index in [-0.39, 0.29) is 11.3 Å². The lowest BCUT2D eigenvalue weighted by atomic mass is 9.94. The summed E-state index contributed by atoms with van der Waals surface area (Å²) in [5, 5.41) is 0. The van der Waals surface area contributed by atoms with E-state index in [1.165, 1.54) is 0 Å².